The molecule has 100 valence electrons. The first-order valence-corrected chi connectivity index (χ1v) is 6.10. The second kappa shape index (κ2) is 4.51. The van der Waals surface area contributed by atoms with Crippen LogP contribution in [0.5, 0.6) is 0 Å². The van der Waals surface area contributed by atoms with Crippen LogP contribution in [0, 0.1) is 10.1 Å². The van der Waals surface area contributed by atoms with E-state index in [1.165, 1.54) is 6.07 Å². The average molecular weight is 262 g/mol. The number of nitro groups is 1. The van der Waals surface area contributed by atoms with Gasteiger partial charge in [-0.15, -0.1) is 0 Å². The highest BCUT2D eigenvalue weighted by Crippen LogP contribution is 2.29. The fourth-order valence-electron chi connectivity index (χ4n) is 2.35. The third-order valence-corrected chi connectivity index (χ3v) is 3.34. The van der Waals surface area contributed by atoms with E-state index in [1.54, 1.807) is 23.9 Å². The summed E-state index contributed by atoms with van der Waals surface area (Å²) in [6.45, 7) is 2.96. The molecule has 0 radical (unpaired) electrons. The average Bonchev–Trinajstić information content (AvgIpc) is 2.77. The molecule has 1 aliphatic heterocycles. The molecular weight excluding hydrogens is 248 g/mol. The number of anilines is 1. The summed E-state index contributed by atoms with van der Waals surface area (Å²) in [6, 6.07) is 4.85. The number of benzene rings is 1. The van der Waals surface area contributed by atoms with Gasteiger partial charge in [-0.3, -0.25) is 14.8 Å². The number of morpholine rings is 1. The molecule has 0 bridgehead atoms. The van der Waals surface area contributed by atoms with Crippen LogP contribution in [-0.2, 0) is 11.8 Å². The predicted octanol–water partition coefficient (Wildman–Crippen LogP) is 1.32. The minimum Gasteiger partial charge on any atom is -0.378 e. The first kappa shape index (κ1) is 11.9. The highest BCUT2D eigenvalue weighted by Gasteiger charge is 2.19. The Morgan fingerprint density at radius 1 is 1.37 bits per heavy atom. The van der Waals surface area contributed by atoms with Crippen molar-refractivity contribution < 1.29 is 9.66 Å². The van der Waals surface area contributed by atoms with Gasteiger partial charge in [0, 0.05) is 37.7 Å². The summed E-state index contributed by atoms with van der Waals surface area (Å²) in [6.07, 6.45) is 0. The van der Waals surface area contributed by atoms with E-state index in [-0.39, 0.29) is 10.6 Å². The second-order valence-electron chi connectivity index (χ2n) is 4.51. The molecule has 1 aromatic carbocycles. The molecule has 7 nitrogen and oxygen atoms in total. The van der Waals surface area contributed by atoms with E-state index in [4.69, 9.17) is 4.74 Å². The number of hydrogen-bond acceptors (Lipinski definition) is 5. The van der Waals surface area contributed by atoms with Crippen molar-refractivity contribution in [1.29, 1.82) is 0 Å². The fourth-order valence-corrected chi connectivity index (χ4v) is 2.35. The first-order chi connectivity index (χ1) is 9.16. The highest BCUT2D eigenvalue weighted by atomic mass is 16.6. The lowest BCUT2D eigenvalue weighted by atomic mass is 10.2. The van der Waals surface area contributed by atoms with E-state index in [1.807, 2.05) is 0 Å². The number of hydrogen-bond donors (Lipinski definition) is 0. The lowest BCUT2D eigenvalue weighted by Gasteiger charge is -2.26. The van der Waals surface area contributed by atoms with E-state index in [2.05, 4.69) is 10.00 Å². The van der Waals surface area contributed by atoms with Crippen molar-refractivity contribution in [3.63, 3.8) is 0 Å². The molecule has 0 amide bonds. The van der Waals surface area contributed by atoms with Crippen molar-refractivity contribution in [2.24, 2.45) is 7.05 Å². The van der Waals surface area contributed by atoms with E-state index in [9.17, 15) is 10.1 Å². The van der Waals surface area contributed by atoms with Gasteiger partial charge in [0.15, 0.2) is 5.82 Å². The number of rotatable bonds is 2. The zero-order chi connectivity index (χ0) is 13.4. The summed E-state index contributed by atoms with van der Waals surface area (Å²) < 4.78 is 7.01. The number of aryl methyl sites for hydroxylation is 1. The molecule has 0 N–H and O–H groups in total. The number of non-ortho nitro benzene ring substituents is 1. The van der Waals surface area contributed by atoms with Crippen LogP contribution < -0.4 is 4.90 Å². The molecule has 7 heteroatoms. The molecule has 1 saturated heterocycles. The summed E-state index contributed by atoms with van der Waals surface area (Å²) >= 11 is 0. The Bertz CT molecular complexity index is 631. The van der Waals surface area contributed by atoms with Crippen LogP contribution in [-0.4, -0.2) is 41.0 Å². The molecule has 0 unspecified atom stereocenters. The Labute approximate surface area is 109 Å². The van der Waals surface area contributed by atoms with Crippen molar-refractivity contribution in [3.8, 4) is 0 Å². The van der Waals surface area contributed by atoms with E-state index >= 15 is 0 Å². The lowest BCUT2D eigenvalue weighted by Crippen LogP contribution is -2.36. The molecule has 2 heterocycles. The van der Waals surface area contributed by atoms with Crippen molar-refractivity contribution in [2.45, 2.75) is 0 Å². The fraction of sp³-hybridized carbons (Fsp3) is 0.417. The van der Waals surface area contributed by atoms with Gasteiger partial charge >= 0.3 is 0 Å². The van der Waals surface area contributed by atoms with Gasteiger partial charge < -0.3 is 9.64 Å². The Morgan fingerprint density at radius 2 is 2.11 bits per heavy atom. The van der Waals surface area contributed by atoms with Gasteiger partial charge in [0.1, 0.15) is 0 Å². The van der Waals surface area contributed by atoms with Crippen LogP contribution in [0.3, 0.4) is 0 Å². The summed E-state index contributed by atoms with van der Waals surface area (Å²) in [4.78, 5) is 12.6. The molecule has 1 aromatic heterocycles. The maximum Gasteiger partial charge on any atom is 0.271 e. The van der Waals surface area contributed by atoms with Gasteiger partial charge in [-0.05, 0) is 6.07 Å². The molecule has 19 heavy (non-hydrogen) atoms. The number of nitro benzene ring substituents is 1. The Hall–Kier alpha value is -2.15. The SMILES string of the molecule is Cn1nc(N2CCOCC2)c2ccc([N+](=O)[O-])cc21. The summed E-state index contributed by atoms with van der Waals surface area (Å²) in [5, 5.41) is 16.2. The maximum absolute atomic E-state index is 10.8. The van der Waals surface area contributed by atoms with Crippen LogP contribution in [0.25, 0.3) is 10.9 Å². The largest absolute Gasteiger partial charge is 0.378 e. The Balaban J connectivity index is 2.08. The zero-order valence-corrected chi connectivity index (χ0v) is 10.6. The minimum atomic E-state index is -0.388. The third-order valence-electron chi connectivity index (χ3n) is 3.34. The Morgan fingerprint density at radius 3 is 2.79 bits per heavy atom. The number of nitrogens with zero attached hydrogens (tertiary/aromatic N) is 4. The quantitative estimate of drug-likeness (QED) is 0.602. The van der Waals surface area contributed by atoms with Crippen molar-refractivity contribution in [1.82, 2.24) is 9.78 Å². The maximum atomic E-state index is 10.8. The van der Waals surface area contributed by atoms with Gasteiger partial charge in [-0.25, -0.2) is 0 Å². The minimum absolute atomic E-state index is 0.0871. The van der Waals surface area contributed by atoms with E-state index in [0.29, 0.717) is 13.2 Å². The molecule has 1 aliphatic rings. The molecule has 0 spiro atoms. The standard InChI is InChI=1S/C12H14N4O3/c1-14-11-8-9(16(17)18)2-3-10(11)12(13-14)15-4-6-19-7-5-15/h2-3,8H,4-7H2,1H3. The molecule has 3 rings (SSSR count). The highest BCUT2D eigenvalue weighted by molar-refractivity contribution is 5.92. The van der Waals surface area contributed by atoms with E-state index < -0.39 is 0 Å². The van der Waals surface area contributed by atoms with Gasteiger partial charge in [-0.2, -0.15) is 5.10 Å². The topological polar surface area (TPSA) is 73.4 Å². The summed E-state index contributed by atoms with van der Waals surface area (Å²) in [7, 11) is 1.80. The third kappa shape index (κ3) is 2.01. The van der Waals surface area contributed by atoms with Crippen LogP contribution in [0.2, 0.25) is 0 Å². The van der Waals surface area contributed by atoms with Crippen LogP contribution in [0.15, 0.2) is 18.2 Å². The van der Waals surface area contributed by atoms with Gasteiger partial charge in [0.2, 0.25) is 0 Å². The lowest BCUT2D eigenvalue weighted by molar-refractivity contribution is -0.384. The van der Waals surface area contributed by atoms with Crippen molar-refractivity contribution in [3.05, 3.63) is 28.3 Å². The van der Waals surface area contributed by atoms with Gasteiger partial charge in [0.05, 0.1) is 23.7 Å². The summed E-state index contributed by atoms with van der Waals surface area (Å²) in [5.74, 6) is 0.871. The van der Waals surface area contributed by atoms with Gasteiger partial charge in [-0.1, -0.05) is 0 Å². The zero-order valence-electron chi connectivity index (χ0n) is 10.6. The smallest absolute Gasteiger partial charge is 0.271 e. The molecular formula is C12H14N4O3. The van der Waals surface area contributed by atoms with Crippen LogP contribution in [0.1, 0.15) is 0 Å². The number of fused-ring (bicyclic) bond motifs is 1. The van der Waals surface area contributed by atoms with Gasteiger partial charge in [0.25, 0.3) is 5.69 Å². The molecule has 2 aromatic rings. The molecule has 1 fully saturated rings. The molecule has 0 aliphatic carbocycles. The number of ether oxygens (including phenoxy) is 1. The van der Waals surface area contributed by atoms with Crippen LogP contribution >= 0.6 is 0 Å². The predicted molar refractivity (Wildman–Crippen MR) is 70.4 cm³/mol. The van der Waals surface area contributed by atoms with Crippen molar-refractivity contribution in [2.75, 3.05) is 31.2 Å². The van der Waals surface area contributed by atoms with E-state index in [0.717, 1.165) is 29.8 Å². The first-order valence-electron chi connectivity index (χ1n) is 6.10. The van der Waals surface area contributed by atoms with Crippen LogP contribution in [0.4, 0.5) is 11.5 Å². The molecule has 0 atom stereocenters. The summed E-state index contributed by atoms with van der Waals surface area (Å²) in [5.41, 5.74) is 0.861. The molecule has 0 saturated carbocycles. The van der Waals surface area contributed by atoms with Crippen molar-refractivity contribution >= 4 is 22.4 Å². The number of aromatic nitrogens is 2. The monoisotopic (exact) mass is 262 g/mol. The second-order valence-corrected chi connectivity index (χ2v) is 4.51. The Kier molecular flexibility index (Phi) is 2.83. The normalized spacial score (nSPS) is 15.9.